The molecular weight excluding hydrogens is 354 g/mol. The van der Waals surface area contributed by atoms with Crippen molar-refractivity contribution in [1.82, 2.24) is 5.32 Å². The van der Waals surface area contributed by atoms with E-state index in [2.05, 4.69) is 5.32 Å². The Labute approximate surface area is 156 Å². The molecule has 0 saturated heterocycles. The minimum atomic E-state index is -0.672. The largest absolute Gasteiger partial charge is 0.491 e. The Kier molecular flexibility index (Phi) is 5.93. The number of aryl methyl sites for hydroxylation is 1. The standard InChI is InChI=1S/C20H20ClNO4/c1-13-7-20(24)26-19-9-17(5-6-18(13)19)25-12-16(23)11-22-10-14-3-2-4-15(21)8-14/h2-9,16,22-23H,10-12H2,1H3/t16-/m1/s1. The molecule has 26 heavy (non-hydrogen) atoms. The summed E-state index contributed by atoms with van der Waals surface area (Å²) in [6.07, 6.45) is -0.672. The predicted molar refractivity (Wildman–Crippen MR) is 102 cm³/mol. The minimum absolute atomic E-state index is 0.129. The highest BCUT2D eigenvalue weighted by molar-refractivity contribution is 6.30. The molecule has 0 aliphatic heterocycles. The van der Waals surface area contributed by atoms with Gasteiger partial charge in [0.1, 0.15) is 24.0 Å². The topological polar surface area (TPSA) is 71.7 Å². The molecule has 1 heterocycles. The third-order valence-corrected chi connectivity index (χ3v) is 4.20. The molecule has 0 amide bonds. The molecule has 1 aromatic heterocycles. The van der Waals surface area contributed by atoms with Crippen molar-refractivity contribution in [3.05, 3.63) is 75.1 Å². The summed E-state index contributed by atoms with van der Waals surface area (Å²) >= 11 is 5.94. The van der Waals surface area contributed by atoms with Crippen molar-refractivity contribution in [2.24, 2.45) is 0 Å². The molecule has 136 valence electrons. The van der Waals surface area contributed by atoms with Gasteiger partial charge in [0.05, 0.1) is 0 Å². The van der Waals surface area contributed by atoms with Crippen LogP contribution in [0.1, 0.15) is 11.1 Å². The van der Waals surface area contributed by atoms with Crippen LogP contribution in [-0.2, 0) is 6.54 Å². The predicted octanol–water partition coefficient (Wildman–Crippen LogP) is 3.28. The van der Waals surface area contributed by atoms with E-state index in [1.807, 2.05) is 37.3 Å². The maximum absolute atomic E-state index is 11.5. The normalized spacial score (nSPS) is 12.3. The molecule has 0 fully saturated rings. The van der Waals surface area contributed by atoms with Crippen molar-refractivity contribution in [2.75, 3.05) is 13.2 Å². The lowest BCUT2D eigenvalue weighted by molar-refractivity contribution is 0.106. The van der Waals surface area contributed by atoms with Crippen molar-refractivity contribution >= 4 is 22.6 Å². The van der Waals surface area contributed by atoms with E-state index in [1.165, 1.54) is 6.07 Å². The van der Waals surface area contributed by atoms with E-state index in [9.17, 15) is 9.90 Å². The second-order valence-corrected chi connectivity index (χ2v) is 6.57. The van der Waals surface area contributed by atoms with Crippen LogP contribution in [0.4, 0.5) is 0 Å². The van der Waals surface area contributed by atoms with Crippen LogP contribution < -0.4 is 15.7 Å². The lowest BCUT2D eigenvalue weighted by atomic mass is 10.1. The zero-order valence-corrected chi connectivity index (χ0v) is 15.1. The monoisotopic (exact) mass is 373 g/mol. The first-order valence-corrected chi connectivity index (χ1v) is 8.69. The molecule has 6 heteroatoms. The molecule has 0 spiro atoms. The summed E-state index contributed by atoms with van der Waals surface area (Å²) < 4.78 is 10.8. The number of fused-ring (bicyclic) bond motifs is 1. The Morgan fingerprint density at radius 3 is 2.88 bits per heavy atom. The van der Waals surface area contributed by atoms with Gasteiger partial charge < -0.3 is 19.6 Å². The summed E-state index contributed by atoms with van der Waals surface area (Å²) in [6.45, 7) is 2.98. The van der Waals surface area contributed by atoms with Gasteiger partial charge in [-0.25, -0.2) is 4.79 Å². The van der Waals surface area contributed by atoms with Gasteiger partial charge in [0.15, 0.2) is 0 Å². The summed E-state index contributed by atoms with van der Waals surface area (Å²) in [5.74, 6) is 0.542. The van der Waals surface area contributed by atoms with E-state index < -0.39 is 11.7 Å². The Bertz CT molecular complexity index is 954. The van der Waals surface area contributed by atoms with Crippen LogP contribution in [0, 0.1) is 6.92 Å². The van der Waals surface area contributed by atoms with E-state index >= 15 is 0 Å². The lowest BCUT2D eigenvalue weighted by Gasteiger charge is -2.14. The molecule has 0 bridgehead atoms. The Morgan fingerprint density at radius 2 is 2.08 bits per heavy atom. The number of halogens is 1. The van der Waals surface area contributed by atoms with Crippen molar-refractivity contribution in [1.29, 1.82) is 0 Å². The van der Waals surface area contributed by atoms with E-state index in [1.54, 1.807) is 12.1 Å². The summed E-state index contributed by atoms with van der Waals surface area (Å²) in [5, 5.41) is 14.8. The van der Waals surface area contributed by atoms with Gasteiger partial charge in [0.2, 0.25) is 0 Å². The van der Waals surface area contributed by atoms with Crippen LogP contribution in [0.3, 0.4) is 0 Å². The van der Waals surface area contributed by atoms with E-state index in [4.69, 9.17) is 20.8 Å². The van der Waals surface area contributed by atoms with Gasteiger partial charge in [-0.05, 0) is 42.3 Å². The Morgan fingerprint density at radius 1 is 1.23 bits per heavy atom. The third kappa shape index (κ3) is 4.85. The molecule has 0 aliphatic rings. The number of hydrogen-bond acceptors (Lipinski definition) is 5. The maximum Gasteiger partial charge on any atom is 0.336 e. The maximum atomic E-state index is 11.5. The molecule has 0 unspecified atom stereocenters. The first-order chi connectivity index (χ1) is 12.5. The number of ether oxygens (including phenoxy) is 1. The van der Waals surface area contributed by atoms with E-state index in [0.717, 1.165) is 16.5 Å². The molecular formula is C20H20ClNO4. The van der Waals surface area contributed by atoms with Gasteiger partial charge in [0, 0.05) is 35.6 Å². The summed E-state index contributed by atoms with van der Waals surface area (Å²) in [5.41, 5.74) is 1.98. The van der Waals surface area contributed by atoms with E-state index in [-0.39, 0.29) is 6.61 Å². The zero-order valence-electron chi connectivity index (χ0n) is 14.4. The summed E-state index contributed by atoms with van der Waals surface area (Å²) in [7, 11) is 0. The molecule has 3 aromatic rings. The zero-order chi connectivity index (χ0) is 18.5. The number of aliphatic hydroxyl groups is 1. The van der Waals surface area contributed by atoms with Gasteiger partial charge in [-0.3, -0.25) is 0 Å². The fourth-order valence-electron chi connectivity index (χ4n) is 2.68. The molecule has 0 saturated carbocycles. The second kappa shape index (κ2) is 8.36. The van der Waals surface area contributed by atoms with Crippen LogP contribution >= 0.6 is 11.6 Å². The highest BCUT2D eigenvalue weighted by atomic mass is 35.5. The highest BCUT2D eigenvalue weighted by Gasteiger charge is 2.08. The molecule has 1 atom stereocenters. The van der Waals surface area contributed by atoms with Crippen molar-refractivity contribution < 1.29 is 14.3 Å². The van der Waals surface area contributed by atoms with Crippen molar-refractivity contribution in [2.45, 2.75) is 19.6 Å². The van der Waals surface area contributed by atoms with E-state index in [0.29, 0.717) is 29.4 Å². The quantitative estimate of drug-likeness (QED) is 0.622. The van der Waals surface area contributed by atoms with Gasteiger partial charge in [0.25, 0.3) is 0 Å². The SMILES string of the molecule is Cc1cc(=O)oc2cc(OC[C@H](O)CNCc3cccc(Cl)c3)ccc12. The average Bonchev–Trinajstić information content (AvgIpc) is 2.59. The molecule has 3 rings (SSSR count). The number of hydrogen-bond donors (Lipinski definition) is 2. The van der Waals surface area contributed by atoms with Crippen LogP contribution in [0.2, 0.25) is 5.02 Å². The smallest absolute Gasteiger partial charge is 0.336 e. The summed E-state index contributed by atoms with van der Waals surface area (Å²) in [4.78, 5) is 11.5. The number of benzene rings is 2. The molecule has 0 aliphatic carbocycles. The van der Waals surface area contributed by atoms with Gasteiger partial charge >= 0.3 is 5.63 Å². The summed E-state index contributed by atoms with van der Waals surface area (Å²) in [6, 6.07) is 14.3. The average molecular weight is 374 g/mol. The lowest BCUT2D eigenvalue weighted by Crippen LogP contribution is -2.31. The number of nitrogens with one attached hydrogen (secondary N) is 1. The van der Waals surface area contributed by atoms with Crippen molar-refractivity contribution in [3.63, 3.8) is 0 Å². The first kappa shape index (κ1) is 18.5. The van der Waals surface area contributed by atoms with Crippen LogP contribution in [-0.4, -0.2) is 24.4 Å². The minimum Gasteiger partial charge on any atom is -0.491 e. The number of rotatable bonds is 7. The van der Waals surface area contributed by atoms with Gasteiger partial charge in [-0.15, -0.1) is 0 Å². The first-order valence-electron chi connectivity index (χ1n) is 8.32. The highest BCUT2D eigenvalue weighted by Crippen LogP contribution is 2.22. The van der Waals surface area contributed by atoms with Crippen LogP contribution in [0.5, 0.6) is 5.75 Å². The van der Waals surface area contributed by atoms with Crippen molar-refractivity contribution in [3.8, 4) is 5.75 Å². The molecule has 2 N–H and O–H groups in total. The molecule has 2 aromatic carbocycles. The Balaban J connectivity index is 1.52. The fourth-order valence-corrected chi connectivity index (χ4v) is 2.89. The second-order valence-electron chi connectivity index (χ2n) is 6.13. The number of aliphatic hydroxyl groups excluding tert-OH is 1. The van der Waals surface area contributed by atoms with Gasteiger partial charge in [-0.2, -0.15) is 0 Å². The van der Waals surface area contributed by atoms with Crippen LogP contribution in [0.15, 0.2) is 57.7 Å². The van der Waals surface area contributed by atoms with Gasteiger partial charge in [-0.1, -0.05) is 23.7 Å². The molecule has 5 nitrogen and oxygen atoms in total. The Hall–Kier alpha value is -2.34. The van der Waals surface area contributed by atoms with Crippen LogP contribution in [0.25, 0.3) is 11.0 Å². The third-order valence-electron chi connectivity index (χ3n) is 3.96. The fraction of sp³-hybridized carbons (Fsp3) is 0.250. The molecule has 0 radical (unpaired) electrons.